The molecule has 2 rings (SSSR count). The summed E-state index contributed by atoms with van der Waals surface area (Å²) in [5.41, 5.74) is 6.61. The lowest BCUT2D eigenvalue weighted by Crippen LogP contribution is -2.33. The second-order valence-corrected chi connectivity index (χ2v) is 5.25. The maximum atomic E-state index is 11.8. The van der Waals surface area contributed by atoms with E-state index in [1.807, 2.05) is 24.3 Å². The number of hydrogen-bond donors (Lipinski definition) is 2. The van der Waals surface area contributed by atoms with E-state index < -0.39 is 0 Å². The molecule has 0 radical (unpaired) electrons. The SMILES string of the molecule is Cl.NC1CCN(CC(=O)Nc2ccc(Br)cc2)C1. The quantitative estimate of drug-likeness (QED) is 0.887. The second-order valence-electron chi connectivity index (χ2n) is 4.34. The molecule has 0 aliphatic carbocycles. The lowest BCUT2D eigenvalue weighted by molar-refractivity contribution is -0.117. The number of benzene rings is 1. The first-order chi connectivity index (χ1) is 8.13. The third kappa shape index (κ3) is 4.57. The summed E-state index contributed by atoms with van der Waals surface area (Å²) in [5.74, 6) is 0.0152. The summed E-state index contributed by atoms with van der Waals surface area (Å²) in [4.78, 5) is 13.8. The van der Waals surface area contributed by atoms with Crippen LogP contribution in [0.2, 0.25) is 0 Å². The van der Waals surface area contributed by atoms with E-state index in [1.54, 1.807) is 0 Å². The van der Waals surface area contributed by atoms with Gasteiger partial charge in [-0.1, -0.05) is 15.9 Å². The minimum atomic E-state index is 0. The van der Waals surface area contributed by atoms with Gasteiger partial charge in [-0.2, -0.15) is 0 Å². The van der Waals surface area contributed by atoms with E-state index in [-0.39, 0.29) is 24.4 Å². The van der Waals surface area contributed by atoms with Gasteiger partial charge in [-0.05, 0) is 30.7 Å². The Morgan fingerprint density at radius 3 is 2.67 bits per heavy atom. The van der Waals surface area contributed by atoms with E-state index in [1.165, 1.54) is 0 Å². The Kier molecular flexibility index (Phi) is 6.08. The van der Waals surface area contributed by atoms with Crippen molar-refractivity contribution in [2.24, 2.45) is 5.73 Å². The van der Waals surface area contributed by atoms with Gasteiger partial charge in [0, 0.05) is 29.3 Å². The van der Waals surface area contributed by atoms with Gasteiger partial charge in [0.05, 0.1) is 6.54 Å². The summed E-state index contributed by atoms with van der Waals surface area (Å²) in [6, 6.07) is 7.77. The number of amides is 1. The summed E-state index contributed by atoms with van der Waals surface area (Å²) in [5, 5.41) is 2.87. The zero-order valence-corrected chi connectivity index (χ0v) is 12.3. The highest BCUT2D eigenvalue weighted by molar-refractivity contribution is 9.10. The van der Waals surface area contributed by atoms with E-state index in [2.05, 4.69) is 26.1 Å². The molecule has 1 aliphatic heterocycles. The Hall–Kier alpha value is -0.620. The first kappa shape index (κ1) is 15.4. The summed E-state index contributed by atoms with van der Waals surface area (Å²) >= 11 is 3.35. The largest absolute Gasteiger partial charge is 0.326 e. The van der Waals surface area contributed by atoms with Crippen molar-refractivity contribution < 1.29 is 4.79 Å². The number of halogens is 2. The van der Waals surface area contributed by atoms with Crippen molar-refractivity contribution in [3.05, 3.63) is 28.7 Å². The number of anilines is 1. The molecule has 18 heavy (non-hydrogen) atoms. The number of carbonyl (C=O) groups excluding carboxylic acids is 1. The number of rotatable bonds is 3. The van der Waals surface area contributed by atoms with Gasteiger partial charge in [0.1, 0.15) is 0 Å². The molecule has 1 aromatic carbocycles. The Morgan fingerprint density at radius 2 is 2.11 bits per heavy atom. The van der Waals surface area contributed by atoms with Crippen molar-refractivity contribution in [1.82, 2.24) is 4.90 Å². The van der Waals surface area contributed by atoms with E-state index in [0.717, 1.165) is 29.7 Å². The molecule has 1 heterocycles. The van der Waals surface area contributed by atoms with Crippen LogP contribution >= 0.6 is 28.3 Å². The van der Waals surface area contributed by atoms with Gasteiger partial charge in [-0.15, -0.1) is 12.4 Å². The number of likely N-dealkylation sites (tertiary alicyclic amines) is 1. The zero-order valence-electron chi connectivity index (χ0n) is 9.93. The van der Waals surface area contributed by atoms with Crippen molar-refractivity contribution in [1.29, 1.82) is 0 Å². The maximum absolute atomic E-state index is 11.8. The van der Waals surface area contributed by atoms with Crippen molar-refractivity contribution in [2.75, 3.05) is 25.0 Å². The fraction of sp³-hybridized carbons (Fsp3) is 0.417. The van der Waals surface area contributed by atoms with Crippen molar-refractivity contribution in [2.45, 2.75) is 12.5 Å². The standard InChI is InChI=1S/C12H16BrN3O.ClH/c13-9-1-3-11(4-2-9)15-12(17)8-16-6-5-10(14)7-16;/h1-4,10H,5-8,14H2,(H,15,17);1H. The Morgan fingerprint density at radius 1 is 1.44 bits per heavy atom. The predicted octanol–water partition coefficient (Wildman–Crippen LogP) is 1.84. The van der Waals surface area contributed by atoms with E-state index in [0.29, 0.717) is 6.54 Å². The molecule has 0 spiro atoms. The van der Waals surface area contributed by atoms with Gasteiger partial charge in [0.25, 0.3) is 0 Å². The number of nitrogens with two attached hydrogens (primary N) is 1. The number of carbonyl (C=O) groups is 1. The maximum Gasteiger partial charge on any atom is 0.238 e. The van der Waals surface area contributed by atoms with Crippen LogP contribution in [0.5, 0.6) is 0 Å². The second kappa shape index (κ2) is 7.09. The molecule has 4 nitrogen and oxygen atoms in total. The Labute approximate surface area is 121 Å². The minimum absolute atomic E-state index is 0. The van der Waals surface area contributed by atoms with E-state index >= 15 is 0 Å². The smallest absolute Gasteiger partial charge is 0.238 e. The highest BCUT2D eigenvalue weighted by Crippen LogP contribution is 2.14. The third-order valence-electron chi connectivity index (χ3n) is 2.80. The molecule has 1 aromatic rings. The number of hydrogen-bond acceptors (Lipinski definition) is 3. The average Bonchev–Trinajstić information content (AvgIpc) is 2.67. The molecule has 1 unspecified atom stereocenters. The van der Waals surface area contributed by atoms with Gasteiger partial charge in [0.2, 0.25) is 5.91 Å². The fourth-order valence-corrected chi connectivity index (χ4v) is 2.21. The highest BCUT2D eigenvalue weighted by atomic mass is 79.9. The van der Waals surface area contributed by atoms with Crippen molar-refractivity contribution in [3.63, 3.8) is 0 Å². The lowest BCUT2D eigenvalue weighted by atomic mass is 10.3. The first-order valence-electron chi connectivity index (χ1n) is 5.67. The first-order valence-corrected chi connectivity index (χ1v) is 6.46. The average molecular weight is 335 g/mol. The van der Waals surface area contributed by atoms with Crippen LogP contribution in [0.4, 0.5) is 5.69 Å². The monoisotopic (exact) mass is 333 g/mol. The van der Waals surface area contributed by atoms with Gasteiger partial charge >= 0.3 is 0 Å². The minimum Gasteiger partial charge on any atom is -0.326 e. The van der Waals surface area contributed by atoms with Crippen molar-refractivity contribution >= 4 is 39.9 Å². The van der Waals surface area contributed by atoms with E-state index in [4.69, 9.17) is 5.73 Å². The molecule has 1 atom stereocenters. The number of nitrogens with one attached hydrogen (secondary N) is 1. The molecule has 1 amide bonds. The van der Waals surface area contributed by atoms with Crippen LogP contribution in [0.3, 0.4) is 0 Å². The molecule has 0 saturated carbocycles. The van der Waals surface area contributed by atoms with Gasteiger partial charge in [-0.3, -0.25) is 9.69 Å². The molecule has 3 N–H and O–H groups in total. The van der Waals surface area contributed by atoms with Gasteiger partial charge in [-0.25, -0.2) is 0 Å². The fourth-order valence-electron chi connectivity index (χ4n) is 1.94. The number of nitrogens with zero attached hydrogens (tertiary/aromatic N) is 1. The van der Waals surface area contributed by atoms with Crippen molar-refractivity contribution in [3.8, 4) is 0 Å². The molecule has 0 bridgehead atoms. The molecule has 100 valence electrons. The molecule has 0 aromatic heterocycles. The van der Waals surface area contributed by atoms with Crippen LogP contribution in [0, 0.1) is 0 Å². The summed E-state index contributed by atoms with van der Waals surface area (Å²) in [7, 11) is 0. The van der Waals surface area contributed by atoms with Crippen LogP contribution in [-0.4, -0.2) is 36.5 Å². The summed E-state index contributed by atoms with van der Waals surface area (Å²) in [6.07, 6.45) is 0.978. The topological polar surface area (TPSA) is 58.4 Å². The molecule has 1 fully saturated rings. The van der Waals surface area contributed by atoms with Crippen LogP contribution in [0.1, 0.15) is 6.42 Å². The summed E-state index contributed by atoms with van der Waals surface area (Å²) < 4.78 is 1.00. The van der Waals surface area contributed by atoms with Crippen LogP contribution in [0.15, 0.2) is 28.7 Å². The van der Waals surface area contributed by atoms with Gasteiger partial charge < -0.3 is 11.1 Å². The molecule has 1 aliphatic rings. The van der Waals surface area contributed by atoms with E-state index in [9.17, 15) is 4.79 Å². The molecule has 1 saturated heterocycles. The molecular weight excluding hydrogens is 318 g/mol. The zero-order chi connectivity index (χ0) is 12.3. The molecule has 6 heteroatoms. The van der Waals surface area contributed by atoms with Crippen LogP contribution in [-0.2, 0) is 4.79 Å². The normalized spacial score (nSPS) is 19.3. The van der Waals surface area contributed by atoms with Gasteiger partial charge in [0.15, 0.2) is 0 Å². The third-order valence-corrected chi connectivity index (χ3v) is 3.33. The Bertz CT molecular complexity index is 399. The predicted molar refractivity (Wildman–Crippen MR) is 79.1 cm³/mol. The van der Waals surface area contributed by atoms with Crippen LogP contribution in [0.25, 0.3) is 0 Å². The Balaban J connectivity index is 0.00000162. The van der Waals surface area contributed by atoms with Crippen LogP contribution < -0.4 is 11.1 Å². The lowest BCUT2D eigenvalue weighted by Gasteiger charge is -2.14. The summed E-state index contributed by atoms with van der Waals surface area (Å²) in [6.45, 7) is 2.15. The molecular formula is C12H17BrClN3O. The highest BCUT2D eigenvalue weighted by Gasteiger charge is 2.20.